The minimum Gasteiger partial charge on any atom is -0.382 e. The second-order valence-corrected chi connectivity index (χ2v) is 1.60. The molecule has 0 atom stereocenters. The van der Waals surface area contributed by atoms with Crippen molar-refractivity contribution in [3.05, 3.63) is 0 Å². The van der Waals surface area contributed by atoms with Crippen molar-refractivity contribution in [2.24, 2.45) is 0 Å². The molecule has 0 rings (SSSR count). The van der Waals surface area contributed by atoms with Crippen LogP contribution in [0.4, 0.5) is 0 Å². The number of methoxy groups -OCH3 is 2. The molecule has 0 bridgehead atoms. The Hall–Kier alpha value is 1.13. The first kappa shape index (κ1) is 13.7. The molecule has 0 aliphatic rings. The van der Waals surface area contributed by atoms with Crippen molar-refractivity contribution >= 4 is 0 Å². The standard InChI is InChI=1S/C6H14O3.Er/c1-7-3-5-9-6-4-8-2;/h3-6H2,1-2H3;. The first-order valence-electron chi connectivity index (χ1n) is 2.97. The summed E-state index contributed by atoms with van der Waals surface area (Å²) < 4.78 is 14.6. The molecule has 0 saturated heterocycles. The first-order valence-corrected chi connectivity index (χ1v) is 2.97. The number of hydrogen-bond donors (Lipinski definition) is 0. The fourth-order valence-electron chi connectivity index (χ4n) is 0.387. The minimum absolute atomic E-state index is 0. The summed E-state index contributed by atoms with van der Waals surface area (Å²) >= 11 is 0. The zero-order valence-corrected chi connectivity index (χ0v) is 8.19. The topological polar surface area (TPSA) is 27.7 Å². The summed E-state index contributed by atoms with van der Waals surface area (Å²) in [5.41, 5.74) is 0. The maximum atomic E-state index is 5.06. The second-order valence-electron chi connectivity index (χ2n) is 1.60. The third-order valence-electron chi connectivity index (χ3n) is 0.864. The Labute approximate surface area is 91.6 Å². The molecule has 0 aromatic rings. The van der Waals surface area contributed by atoms with E-state index in [0.29, 0.717) is 26.4 Å². The van der Waals surface area contributed by atoms with Crippen molar-refractivity contribution in [3.8, 4) is 0 Å². The van der Waals surface area contributed by atoms with E-state index >= 15 is 0 Å². The average molecular weight is 301 g/mol. The van der Waals surface area contributed by atoms with Gasteiger partial charge in [-0.1, -0.05) is 0 Å². The molecule has 4 heteroatoms. The van der Waals surface area contributed by atoms with Gasteiger partial charge < -0.3 is 14.2 Å². The van der Waals surface area contributed by atoms with Crippen LogP contribution in [0, 0.1) is 37.3 Å². The fourth-order valence-corrected chi connectivity index (χ4v) is 0.387. The summed E-state index contributed by atoms with van der Waals surface area (Å²) in [6.45, 7) is 2.62. The van der Waals surface area contributed by atoms with Crippen LogP contribution in [0.3, 0.4) is 0 Å². The summed E-state index contributed by atoms with van der Waals surface area (Å²) in [5, 5.41) is 0. The van der Waals surface area contributed by atoms with Crippen LogP contribution in [0.25, 0.3) is 0 Å². The number of rotatable bonds is 6. The molecule has 68 valence electrons. The van der Waals surface area contributed by atoms with E-state index < -0.39 is 0 Å². The molecule has 0 N–H and O–H groups in total. The van der Waals surface area contributed by atoms with Gasteiger partial charge in [0.05, 0.1) is 26.4 Å². The van der Waals surface area contributed by atoms with Gasteiger partial charge in [-0.05, 0) is 0 Å². The van der Waals surface area contributed by atoms with E-state index in [2.05, 4.69) is 0 Å². The summed E-state index contributed by atoms with van der Waals surface area (Å²) in [6, 6.07) is 0. The van der Waals surface area contributed by atoms with E-state index in [4.69, 9.17) is 14.2 Å². The predicted octanol–water partition coefficient (Wildman–Crippen LogP) is 0.296. The summed E-state index contributed by atoms with van der Waals surface area (Å²) in [5.74, 6) is 0. The van der Waals surface area contributed by atoms with Crippen molar-refractivity contribution < 1.29 is 51.5 Å². The Morgan fingerprint density at radius 1 is 0.800 bits per heavy atom. The van der Waals surface area contributed by atoms with Gasteiger partial charge in [0.25, 0.3) is 0 Å². The maximum absolute atomic E-state index is 5.06. The monoisotopic (exact) mass is 300 g/mol. The largest absolute Gasteiger partial charge is 0.382 e. The van der Waals surface area contributed by atoms with Gasteiger partial charge in [-0.25, -0.2) is 0 Å². The number of ether oxygens (including phenoxy) is 3. The van der Waals surface area contributed by atoms with E-state index in [0.717, 1.165) is 0 Å². The summed E-state index contributed by atoms with van der Waals surface area (Å²) in [6.07, 6.45) is 0. The SMILES string of the molecule is COCCOCCOC.[Er]. The molecule has 0 radical (unpaired) electrons. The molecule has 0 unspecified atom stereocenters. The maximum Gasteiger partial charge on any atom is 0.0701 e. The van der Waals surface area contributed by atoms with Crippen LogP contribution < -0.4 is 0 Å². The second kappa shape index (κ2) is 12.8. The molecule has 0 saturated carbocycles. The molecule has 0 fully saturated rings. The third kappa shape index (κ3) is 11.9. The van der Waals surface area contributed by atoms with Crippen LogP contribution in [0.5, 0.6) is 0 Å². The van der Waals surface area contributed by atoms with Crippen molar-refractivity contribution in [1.82, 2.24) is 0 Å². The van der Waals surface area contributed by atoms with Gasteiger partial charge in [0.15, 0.2) is 0 Å². The van der Waals surface area contributed by atoms with Gasteiger partial charge in [0, 0.05) is 51.5 Å². The molecule has 0 spiro atoms. The Morgan fingerprint density at radius 2 is 1.20 bits per heavy atom. The molecule has 10 heavy (non-hydrogen) atoms. The van der Waals surface area contributed by atoms with Crippen molar-refractivity contribution in [3.63, 3.8) is 0 Å². The molecular formula is C6H14ErO3. The molecular weight excluding hydrogens is 287 g/mol. The first-order chi connectivity index (χ1) is 4.41. The van der Waals surface area contributed by atoms with E-state index in [-0.39, 0.29) is 37.3 Å². The van der Waals surface area contributed by atoms with Crippen LogP contribution in [-0.4, -0.2) is 40.6 Å². The fraction of sp³-hybridized carbons (Fsp3) is 1.00. The molecule has 0 aliphatic heterocycles. The van der Waals surface area contributed by atoms with Gasteiger partial charge in [-0.2, -0.15) is 0 Å². The van der Waals surface area contributed by atoms with Gasteiger partial charge in [0.2, 0.25) is 0 Å². The molecule has 0 aliphatic carbocycles. The van der Waals surface area contributed by atoms with Gasteiger partial charge in [-0.15, -0.1) is 0 Å². The Balaban J connectivity index is 0. The van der Waals surface area contributed by atoms with E-state index in [9.17, 15) is 0 Å². The summed E-state index contributed by atoms with van der Waals surface area (Å²) in [4.78, 5) is 0. The zero-order valence-electron chi connectivity index (χ0n) is 6.34. The summed E-state index contributed by atoms with van der Waals surface area (Å²) in [7, 11) is 3.30. The molecule has 0 amide bonds. The Kier molecular flexibility index (Phi) is 17.5. The van der Waals surface area contributed by atoms with Crippen LogP contribution in [0.15, 0.2) is 0 Å². The quantitative estimate of drug-likeness (QED) is 0.660. The zero-order chi connectivity index (χ0) is 6.95. The normalized spacial score (nSPS) is 9.00. The van der Waals surface area contributed by atoms with Crippen LogP contribution in [-0.2, 0) is 14.2 Å². The van der Waals surface area contributed by atoms with Crippen LogP contribution in [0.2, 0.25) is 0 Å². The molecule has 0 aromatic heterocycles. The molecule has 0 heterocycles. The minimum atomic E-state index is 0. The van der Waals surface area contributed by atoms with Crippen LogP contribution in [0.1, 0.15) is 0 Å². The van der Waals surface area contributed by atoms with Crippen LogP contribution >= 0.6 is 0 Å². The molecule has 3 nitrogen and oxygen atoms in total. The van der Waals surface area contributed by atoms with Gasteiger partial charge in [0.1, 0.15) is 0 Å². The Morgan fingerprint density at radius 3 is 1.50 bits per heavy atom. The number of hydrogen-bond acceptors (Lipinski definition) is 3. The van der Waals surface area contributed by atoms with Crippen molar-refractivity contribution in [2.45, 2.75) is 0 Å². The van der Waals surface area contributed by atoms with E-state index in [1.54, 1.807) is 14.2 Å². The van der Waals surface area contributed by atoms with Gasteiger partial charge >= 0.3 is 0 Å². The van der Waals surface area contributed by atoms with Gasteiger partial charge in [-0.3, -0.25) is 0 Å². The van der Waals surface area contributed by atoms with E-state index in [1.807, 2.05) is 0 Å². The Bertz CT molecular complexity index is 46.3. The average Bonchev–Trinajstić information content (AvgIpc) is 1.89. The van der Waals surface area contributed by atoms with Crippen molar-refractivity contribution in [2.75, 3.05) is 40.6 Å². The molecule has 0 aromatic carbocycles. The van der Waals surface area contributed by atoms with Crippen molar-refractivity contribution in [1.29, 1.82) is 0 Å². The predicted molar refractivity (Wildman–Crippen MR) is 34.6 cm³/mol. The third-order valence-corrected chi connectivity index (χ3v) is 0.864. The smallest absolute Gasteiger partial charge is 0.0701 e. The van der Waals surface area contributed by atoms with E-state index in [1.165, 1.54) is 0 Å².